The smallest absolute Gasteiger partial charge is 0.227 e. The van der Waals surface area contributed by atoms with Crippen LogP contribution in [0.2, 0.25) is 0 Å². The van der Waals surface area contributed by atoms with E-state index in [0.717, 1.165) is 24.9 Å². The van der Waals surface area contributed by atoms with Crippen molar-refractivity contribution >= 4 is 17.5 Å². The van der Waals surface area contributed by atoms with Gasteiger partial charge in [-0.25, -0.2) is 0 Å². The van der Waals surface area contributed by atoms with Gasteiger partial charge >= 0.3 is 0 Å². The SMILES string of the molecule is CCCCCNC(=O)C1CC(=O)N(c2ccc(OC)c(OC)c2)C1. The number of anilines is 1. The van der Waals surface area contributed by atoms with Gasteiger partial charge in [0.1, 0.15) is 0 Å². The maximum absolute atomic E-state index is 12.3. The van der Waals surface area contributed by atoms with Gasteiger partial charge in [-0.3, -0.25) is 9.59 Å². The van der Waals surface area contributed by atoms with Crippen molar-refractivity contribution < 1.29 is 19.1 Å². The predicted molar refractivity (Wildman–Crippen MR) is 92.5 cm³/mol. The summed E-state index contributed by atoms with van der Waals surface area (Å²) in [6, 6.07) is 5.33. The lowest BCUT2D eigenvalue weighted by atomic mass is 10.1. The Bertz CT molecular complexity index is 588. The quantitative estimate of drug-likeness (QED) is 0.741. The fourth-order valence-electron chi connectivity index (χ4n) is 2.86. The van der Waals surface area contributed by atoms with Gasteiger partial charge in [0, 0.05) is 31.3 Å². The number of carbonyl (C=O) groups excluding carboxylic acids is 2. The Morgan fingerprint density at radius 1 is 1.25 bits per heavy atom. The summed E-state index contributed by atoms with van der Waals surface area (Å²) >= 11 is 0. The van der Waals surface area contributed by atoms with Crippen molar-refractivity contribution in [3.63, 3.8) is 0 Å². The van der Waals surface area contributed by atoms with E-state index in [0.29, 0.717) is 24.6 Å². The number of hydrogen-bond donors (Lipinski definition) is 1. The first-order valence-electron chi connectivity index (χ1n) is 8.40. The third-order valence-electron chi connectivity index (χ3n) is 4.25. The normalized spacial score (nSPS) is 17.0. The molecule has 1 fully saturated rings. The second-order valence-electron chi connectivity index (χ2n) is 5.94. The fourth-order valence-corrected chi connectivity index (χ4v) is 2.86. The summed E-state index contributed by atoms with van der Waals surface area (Å²) in [5.74, 6) is 0.791. The number of amides is 2. The van der Waals surface area contributed by atoms with E-state index in [1.807, 2.05) is 0 Å². The minimum absolute atomic E-state index is 0.0394. The second-order valence-corrected chi connectivity index (χ2v) is 5.94. The molecule has 1 aliphatic rings. The summed E-state index contributed by atoms with van der Waals surface area (Å²) < 4.78 is 10.5. The lowest BCUT2D eigenvalue weighted by Gasteiger charge is -2.18. The van der Waals surface area contributed by atoms with Crippen molar-refractivity contribution in [2.24, 2.45) is 5.92 Å². The van der Waals surface area contributed by atoms with Crippen LogP contribution in [0, 0.1) is 5.92 Å². The molecule has 1 N–H and O–H groups in total. The summed E-state index contributed by atoms with van der Waals surface area (Å²) in [5.41, 5.74) is 0.721. The average molecular weight is 334 g/mol. The van der Waals surface area contributed by atoms with E-state index in [1.165, 1.54) is 0 Å². The van der Waals surface area contributed by atoms with Crippen LogP contribution in [0.15, 0.2) is 18.2 Å². The maximum atomic E-state index is 12.3. The number of benzene rings is 1. The van der Waals surface area contributed by atoms with Crippen LogP contribution >= 0.6 is 0 Å². The molecule has 0 radical (unpaired) electrons. The van der Waals surface area contributed by atoms with Crippen LogP contribution in [0.5, 0.6) is 11.5 Å². The van der Waals surface area contributed by atoms with E-state index in [-0.39, 0.29) is 24.2 Å². The third-order valence-corrected chi connectivity index (χ3v) is 4.25. The van der Waals surface area contributed by atoms with Crippen LogP contribution in [0.3, 0.4) is 0 Å². The molecule has 0 spiro atoms. The molecule has 0 bridgehead atoms. The largest absolute Gasteiger partial charge is 0.493 e. The van der Waals surface area contributed by atoms with Crippen LogP contribution < -0.4 is 19.7 Å². The molecular weight excluding hydrogens is 308 g/mol. The summed E-state index contributed by atoms with van der Waals surface area (Å²) in [6.07, 6.45) is 3.43. The van der Waals surface area contributed by atoms with Gasteiger partial charge in [0.05, 0.1) is 20.1 Å². The summed E-state index contributed by atoms with van der Waals surface area (Å²) in [7, 11) is 3.12. The molecule has 1 aromatic rings. The zero-order valence-corrected chi connectivity index (χ0v) is 14.6. The number of methoxy groups -OCH3 is 2. The first-order chi connectivity index (χ1) is 11.6. The molecular formula is C18H26N2O4. The van der Waals surface area contributed by atoms with Gasteiger partial charge < -0.3 is 19.7 Å². The topological polar surface area (TPSA) is 67.9 Å². The fraction of sp³-hybridized carbons (Fsp3) is 0.556. The van der Waals surface area contributed by atoms with Crippen LogP contribution in [-0.2, 0) is 9.59 Å². The van der Waals surface area contributed by atoms with Gasteiger partial charge in [0.25, 0.3) is 0 Å². The van der Waals surface area contributed by atoms with Gasteiger partial charge in [0.2, 0.25) is 11.8 Å². The Morgan fingerprint density at radius 2 is 2.00 bits per heavy atom. The highest BCUT2D eigenvalue weighted by Crippen LogP contribution is 2.34. The lowest BCUT2D eigenvalue weighted by molar-refractivity contribution is -0.126. The van der Waals surface area contributed by atoms with Crippen molar-refractivity contribution in [3.05, 3.63) is 18.2 Å². The Morgan fingerprint density at radius 3 is 2.67 bits per heavy atom. The Kier molecular flexibility index (Phi) is 6.46. The van der Waals surface area contributed by atoms with Crippen molar-refractivity contribution in [1.29, 1.82) is 0 Å². The van der Waals surface area contributed by atoms with Crippen molar-refractivity contribution in [2.75, 3.05) is 32.2 Å². The average Bonchev–Trinajstić information content (AvgIpc) is 2.99. The first kappa shape index (κ1) is 18.1. The molecule has 1 aliphatic heterocycles. The number of nitrogens with one attached hydrogen (secondary N) is 1. The number of ether oxygens (including phenoxy) is 2. The Labute approximate surface area is 143 Å². The Hall–Kier alpha value is -2.24. The molecule has 24 heavy (non-hydrogen) atoms. The molecule has 0 aromatic heterocycles. The molecule has 1 aromatic carbocycles. The third kappa shape index (κ3) is 4.19. The number of hydrogen-bond acceptors (Lipinski definition) is 4. The lowest BCUT2D eigenvalue weighted by Crippen LogP contribution is -2.33. The summed E-state index contributed by atoms with van der Waals surface area (Å²) in [4.78, 5) is 26.2. The molecule has 1 atom stereocenters. The van der Waals surface area contributed by atoms with Crippen LogP contribution in [0.4, 0.5) is 5.69 Å². The van der Waals surface area contributed by atoms with Gasteiger partial charge in [-0.15, -0.1) is 0 Å². The first-order valence-corrected chi connectivity index (χ1v) is 8.40. The zero-order valence-electron chi connectivity index (χ0n) is 14.6. The van der Waals surface area contributed by atoms with Gasteiger partial charge in [0.15, 0.2) is 11.5 Å². The molecule has 6 heteroatoms. The summed E-state index contributed by atoms with van der Waals surface area (Å²) in [6.45, 7) is 3.19. The molecule has 0 aliphatic carbocycles. The molecule has 1 unspecified atom stereocenters. The van der Waals surface area contributed by atoms with E-state index < -0.39 is 0 Å². The van der Waals surface area contributed by atoms with Crippen molar-refractivity contribution in [2.45, 2.75) is 32.6 Å². The highest BCUT2D eigenvalue weighted by atomic mass is 16.5. The van der Waals surface area contributed by atoms with Crippen molar-refractivity contribution in [1.82, 2.24) is 5.32 Å². The van der Waals surface area contributed by atoms with Crippen molar-refractivity contribution in [3.8, 4) is 11.5 Å². The van der Waals surface area contributed by atoms with Gasteiger partial charge in [-0.2, -0.15) is 0 Å². The molecule has 1 heterocycles. The van der Waals surface area contributed by atoms with Crippen LogP contribution in [0.25, 0.3) is 0 Å². The Balaban J connectivity index is 2.00. The molecule has 6 nitrogen and oxygen atoms in total. The summed E-state index contributed by atoms with van der Waals surface area (Å²) in [5, 5.41) is 2.93. The minimum atomic E-state index is -0.299. The molecule has 2 amide bonds. The van der Waals surface area contributed by atoms with Gasteiger partial charge in [-0.05, 0) is 18.6 Å². The number of unbranched alkanes of at least 4 members (excludes halogenated alkanes) is 2. The molecule has 132 valence electrons. The number of carbonyl (C=O) groups is 2. The van der Waals surface area contributed by atoms with E-state index in [4.69, 9.17) is 9.47 Å². The monoisotopic (exact) mass is 334 g/mol. The number of nitrogens with zero attached hydrogens (tertiary/aromatic N) is 1. The zero-order chi connectivity index (χ0) is 17.5. The minimum Gasteiger partial charge on any atom is -0.493 e. The van der Waals surface area contributed by atoms with Gasteiger partial charge in [-0.1, -0.05) is 19.8 Å². The highest BCUT2D eigenvalue weighted by molar-refractivity contribution is 6.00. The van der Waals surface area contributed by atoms with E-state index in [1.54, 1.807) is 37.3 Å². The van der Waals surface area contributed by atoms with E-state index in [9.17, 15) is 9.59 Å². The van der Waals surface area contributed by atoms with Crippen LogP contribution in [-0.4, -0.2) is 39.1 Å². The molecule has 0 saturated carbocycles. The highest BCUT2D eigenvalue weighted by Gasteiger charge is 2.35. The van der Waals surface area contributed by atoms with E-state index >= 15 is 0 Å². The standard InChI is InChI=1S/C18H26N2O4/c1-4-5-6-9-19-18(22)13-10-17(21)20(12-13)14-7-8-15(23-2)16(11-14)24-3/h7-8,11,13H,4-6,9-10,12H2,1-3H3,(H,19,22). The maximum Gasteiger partial charge on any atom is 0.227 e. The predicted octanol–water partition coefficient (Wildman–Crippen LogP) is 2.36. The van der Waals surface area contributed by atoms with E-state index in [2.05, 4.69) is 12.2 Å². The number of rotatable bonds is 8. The molecule has 1 saturated heterocycles. The second kappa shape index (κ2) is 8.57. The van der Waals surface area contributed by atoms with Crippen LogP contribution in [0.1, 0.15) is 32.6 Å². The molecule has 2 rings (SSSR count).